The fourth-order valence-corrected chi connectivity index (χ4v) is 2.62. The van der Waals surface area contributed by atoms with Crippen LogP contribution in [0.1, 0.15) is 41.1 Å². The summed E-state index contributed by atoms with van der Waals surface area (Å²) >= 11 is 3.27. The molecule has 0 aliphatic rings. The molecule has 0 radical (unpaired) electrons. The summed E-state index contributed by atoms with van der Waals surface area (Å²) in [5.74, 6) is 0.114. The lowest BCUT2D eigenvalue weighted by Crippen LogP contribution is -2.10. The highest BCUT2D eigenvalue weighted by Crippen LogP contribution is 2.37. The van der Waals surface area contributed by atoms with Crippen molar-refractivity contribution in [1.82, 2.24) is 4.98 Å². The maximum atomic E-state index is 11.3. The predicted molar refractivity (Wildman–Crippen MR) is 63.4 cm³/mol. The summed E-state index contributed by atoms with van der Waals surface area (Å²) in [7, 11) is 0. The molecule has 0 aromatic carbocycles. The Morgan fingerprint density at radius 2 is 2.07 bits per heavy atom. The van der Waals surface area contributed by atoms with Crippen molar-refractivity contribution in [3.05, 3.63) is 15.6 Å². The zero-order chi connectivity index (χ0) is 10.9. The van der Waals surface area contributed by atoms with E-state index in [1.165, 1.54) is 11.3 Å². The van der Waals surface area contributed by atoms with Gasteiger partial charge in [-0.25, -0.2) is 4.98 Å². The van der Waals surface area contributed by atoms with Gasteiger partial charge in [0, 0.05) is 6.92 Å². The van der Waals surface area contributed by atoms with Crippen molar-refractivity contribution in [3.63, 3.8) is 0 Å². The molecule has 0 spiro atoms. The fourth-order valence-electron chi connectivity index (χ4n) is 1.07. The van der Waals surface area contributed by atoms with E-state index in [0.717, 1.165) is 15.6 Å². The van der Waals surface area contributed by atoms with Crippen molar-refractivity contribution in [2.24, 2.45) is 0 Å². The third-order valence-electron chi connectivity index (χ3n) is 2.14. The Morgan fingerprint density at radius 1 is 1.50 bits per heavy atom. The van der Waals surface area contributed by atoms with Crippen molar-refractivity contribution in [2.45, 2.75) is 32.4 Å². The SMILES string of the molecule is CSC(C)(C)c1nc(C)c(C(C)=O)s1. The largest absolute Gasteiger partial charge is 0.294 e. The Bertz CT molecular complexity index is 355. The number of aryl methyl sites for hydroxylation is 1. The Kier molecular flexibility index (Phi) is 3.37. The van der Waals surface area contributed by atoms with Crippen molar-refractivity contribution >= 4 is 28.9 Å². The molecule has 0 bridgehead atoms. The molecule has 1 aromatic heterocycles. The van der Waals surface area contributed by atoms with E-state index in [0.29, 0.717) is 0 Å². The van der Waals surface area contributed by atoms with E-state index in [1.807, 2.05) is 6.92 Å². The number of aromatic nitrogens is 1. The molecule has 0 unspecified atom stereocenters. The summed E-state index contributed by atoms with van der Waals surface area (Å²) in [5.41, 5.74) is 0.861. The van der Waals surface area contributed by atoms with E-state index in [9.17, 15) is 4.79 Å². The van der Waals surface area contributed by atoms with Gasteiger partial charge in [0.2, 0.25) is 0 Å². The van der Waals surface area contributed by atoms with Crippen molar-refractivity contribution in [3.8, 4) is 0 Å². The highest BCUT2D eigenvalue weighted by Gasteiger charge is 2.25. The summed E-state index contributed by atoms with van der Waals surface area (Å²) in [5, 5.41) is 1.03. The average Bonchev–Trinajstić information content (AvgIpc) is 2.48. The van der Waals surface area contributed by atoms with Gasteiger partial charge in [-0.1, -0.05) is 0 Å². The van der Waals surface area contributed by atoms with Crippen molar-refractivity contribution in [1.29, 1.82) is 0 Å². The van der Waals surface area contributed by atoms with Gasteiger partial charge in [-0.3, -0.25) is 4.79 Å². The summed E-state index contributed by atoms with van der Waals surface area (Å²) < 4.78 is 0.00310. The van der Waals surface area contributed by atoms with Crippen molar-refractivity contribution in [2.75, 3.05) is 6.26 Å². The molecule has 1 heterocycles. The summed E-state index contributed by atoms with van der Waals surface area (Å²) in [6, 6.07) is 0. The number of rotatable bonds is 3. The molecule has 78 valence electrons. The molecule has 1 rings (SSSR count). The van der Waals surface area contributed by atoms with E-state index >= 15 is 0 Å². The Labute approximate surface area is 93.1 Å². The molecule has 1 aromatic rings. The number of hydrogen-bond donors (Lipinski definition) is 0. The average molecular weight is 229 g/mol. The molecule has 0 saturated carbocycles. The minimum absolute atomic E-state index is 0.00310. The van der Waals surface area contributed by atoms with E-state index in [2.05, 4.69) is 25.1 Å². The van der Waals surface area contributed by atoms with Crippen LogP contribution in [0.3, 0.4) is 0 Å². The van der Waals surface area contributed by atoms with E-state index in [1.54, 1.807) is 18.7 Å². The Morgan fingerprint density at radius 3 is 2.43 bits per heavy atom. The van der Waals surface area contributed by atoms with Gasteiger partial charge >= 0.3 is 0 Å². The van der Waals surface area contributed by atoms with E-state index in [4.69, 9.17) is 0 Å². The first-order chi connectivity index (χ1) is 6.38. The maximum absolute atomic E-state index is 11.3. The van der Waals surface area contributed by atoms with Crippen molar-refractivity contribution < 1.29 is 4.79 Å². The van der Waals surface area contributed by atoms with Gasteiger partial charge in [0.25, 0.3) is 0 Å². The number of thiazole rings is 1. The van der Waals surface area contributed by atoms with Gasteiger partial charge in [-0.2, -0.15) is 11.8 Å². The van der Waals surface area contributed by atoms with Gasteiger partial charge in [-0.15, -0.1) is 11.3 Å². The number of ketones is 1. The molecule has 0 N–H and O–H groups in total. The van der Waals surface area contributed by atoms with Crippen LogP contribution in [0.2, 0.25) is 0 Å². The first-order valence-corrected chi connectivity index (χ1v) is 6.46. The van der Waals surface area contributed by atoms with E-state index in [-0.39, 0.29) is 10.5 Å². The molecular weight excluding hydrogens is 214 g/mol. The molecule has 14 heavy (non-hydrogen) atoms. The second kappa shape index (κ2) is 4.03. The van der Waals surface area contributed by atoms with Crippen LogP contribution in [0.4, 0.5) is 0 Å². The fraction of sp³-hybridized carbons (Fsp3) is 0.600. The predicted octanol–water partition coefficient (Wildman–Crippen LogP) is 3.25. The van der Waals surface area contributed by atoms with Crippen LogP contribution in [-0.4, -0.2) is 17.0 Å². The lowest BCUT2D eigenvalue weighted by molar-refractivity contribution is 0.102. The van der Waals surface area contributed by atoms with Gasteiger partial charge in [0.05, 0.1) is 15.3 Å². The number of carbonyl (C=O) groups excluding carboxylic acids is 1. The zero-order valence-electron chi connectivity index (χ0n) is 9.17. The molecule has 0 aliphatic carbocycles. The van der Waals surface area contributed by atoms with Gasteiger partial charge < -0.3 is 0 Å². The summed E-state index contributed by atoms with van der Waals surface area (Å²) in [6.07, 6.45) is 2.06. The quantitative estimate of drug-likeness (QED) is 0.745. The zero-order valence-corrected chi connectivity index (χ0v) is 10.8. The molecular formula is C10H15NOS2. The lowest BCUT2D eigenvalue weighted by Gasteiger charge is -2.18. The van der Waals surface area contributed by atoms with Crippen LogP contribution in [0.5, 0.6) is 0 Å². The van der Waals surface area contributed by atoms with Crippen LogP contribution in [0.25, 0.3) is 0 Å². The normalized spacial score (nSPS) is 11.8. The standard InChI is InChI=1S/C10H15NOS2/c1-6-8(7(2)12)14-9(11-6)10(3,4)13-5/h1-5H3. The number of carbonyl (C=O) groups is 1. The first kappa shape index (κ1) is 11.7. The molecule has 0 amide bonds. The van der Waals surface area contributed by atoms with Crippen LogP contribution >= 0.6 is 23.1 Å². The minimum Gasteiger partial charge on any atom is -0.294 e. The highest BCUT2D eigenvalue weighted by atomic mass is 32.2. The highest BCUT2D eigenvalue weighted by molar-refractivity contribution is 7.99. The third kappa shape index (κ3) is 2.17. The summed E-state index contributed by atoms with van der Waals surface area (Å²) in [6.45, 7) is 7.74. The summed E-state index contributed by atoms with van der Waals surface area (Å²) in [4.78, 5) is 16.5. The topological polar surface area (TPSA) is 30.0 Å². The molecule has 0 atom stereocenters. The molecule has 2 nitrogen and oxygen atoms in total. The smallest absolute Gasteiger partial charge is 0.171 e. The Hall–Kier alpha value is -0.350. The molecule has 0 saturated heterocycles. The number of hydrogen-bond acceptors (Lipinski definition) is 4. The molecule has 4 heteroatoms. The number of thioether (sulfide) groups is 1. The van der Waals surface area contributed by atoms with Gasteiger partial charge in [0.15, 0.2) is 5.78 Å². The second-order valence-corrected chi connectivity index (χ2v) is 6.13. The van der Waals surface area contributed by atoms with Crippen LogP contribution in [-0.2, 0) is 4.75 Å². The first-order valence-electron chi connectivity index (χ1n) is 4.42. The minimum atomic E-state index is 0.00310. The van der Waals surface area contributed by atoms with Gasteiger partial charge in [0.1, 0.15) is 5.01 Å². The van der Waals surface area contributed by atoms with Crippen LogP contribution in [0, 0.1) is 6.92 Å². The lowest BCUT2D eigenvalue weighted by atomic mass is 10.2. The monoisotopic (exact) mass is 229 g/mol. The molecule has 0 fully saturated rings. The molecule has 0 aliphatic heterocycles. The van der Waals surface area contributed by atoms with Crippen LogP contribution < -0.4 is 0 Å². The van der Waals surface area contributed by atoms with Crippen LogP contribution in [0.15, 0.2) is 0 Å². The third-order valence-corrected chi connectivity index (χ3v) is 5.07. The number of nitrogens with zero attached hydrogens (tertiary/aromatic N) is 1. The van der Waals surface area contributed by atoms with E-state index < -0.39 is 0 Å². The second-order valence-electron chi connectivity index (χ2n) is 3.70. The maximum Gasteiger partial charge on any atom is 0.171 e. The number of Topliss-reactive ketones (excluding diaryl/α,β-unsaturated/α-hetero) is 1. The van der Waals surface area contributed by atoms with Gasteiger partial charge in [-0.05, 0) is 27.0 Å². The Balaban J connectivity index is 3.15.